The SMILES string of the molecule is COc1ccc(OC)c([C@H]2CC(=O)N3CN(c4ccc(C)c(Cl)c4)CSC3=C2C#N)c1. The Labute approximate surface area is 191 Å². The van der Waals surface area contributed by atoms with E-state index < -0.39 is 0 Å². The van der Waals surface area contributed by atoms with Crippen molar-refractivity contribution < 1.29 is 14.3 Å². The topological polar surface area (TPSA) is 65.8 Å². The Kier molecular flexibility index (Phi) is 6.03. The Morgan fingerprint density at radius 1 is 1.19 bits per heavy atom. The molecule has 1 saturated heterocycles. The quantitative estimate of drug-likeness (QED) is 0.654. The van der Waals surface area contributed by atoms with E-state index in [9.17, 15) is 10.1 Å². The van der Waals surface area contributed by atoms with Crippen molar-refractivity contribution in [1.82, 2.24) is 4.90 Å². The molecule has 8 heteroatoms. The average molecular weight is 456 g/mol. The molecule has 0 radical (unpaired) electrons. The van der Waals surface area contributed by atoms with E-state index in [0.29, 0.717) is 39.7 Å². The van der Waals surface area contributed by atoms with Gasteiger partial charge in [-0.05, 0) is 42.8 Å². The van der Waals surface area contributed by atoms with Gasteiger partial charge < -0.3 is 14.4 Å². The predicted molar refractivity (Wildman–Crippen MR) is 122 cm³/mol. The summed E-state index contributed by atoms with van der Waals surface area (Å²) in [5.41, 5.74) is 3.32. The molecular weight excluding hydrogens is 434 g/mol. The molecule has 0 N–H and O–H groups in total. The summed E-state index contributed by atoms with van der Waals surface area (Å²) in [5.74, 6) is 1.51. The second kappa shape index (κ2) is 8.74. The predicted octanol–water partition coefficient (Wildman–Crippen LogP) is 4.89. The molecule has 6 nitrogen and oxygen atoms in total. The van der Waals surface area contributed by atoms with Crippen molar-refractivity contribution >= 4 is 35.0 Å². The fraction of sp³-hybridized carbons (Fsp3) is 0.304. The van der Waals surface area contributed by atoms with E-state index in [4.69, 9.17) is 21.1 Å². The van der Waals surface area contributed by atoms with Gasteiger partial charge in [-0.3, -0.25) is 9.69 Å². The third kappa shape index (κ3) is 3.93. The number of benzene rings is 2. The van der Waals surface area contributed by atoms with E-state index in [1.165, 1.54) is 11.8 Å². The Morgan fingerprint density at radius 3 is 2.68 bits per heavy atom. The van der Waals surface area contributed by atoms with Gasteiger partial charge in [-0.25, -0.2) is 0 Å². The minimum atomic E-state index is -0.373. The third-order valence-corrected chi connectivity index (χ3v) is 7.19. The molecule has 1 atom stereocenters. The number of ether oxygens (including phenoxy) is 2. The van der Waals surface area contributed by atoms with Gasteiger partial charge in [0.1, 0.15) is 11.5 Å². The van der Waals surface area contributed by atoms with Crippen LogP contribution in [0.3, 0.4) is 0 Å². The van der Waals surface area contributed by atoms with Gasteiger partial charge in [0.05, 0.1) is 43.4 Å². The molecule has 1 amide bonds. The molecular formula is C23H22ClN3O3S. The molecule has 2 aliphatic rings. The number of nitriles is 1. The first-order valence-corrected chi connectivity index (χ1v) is 11.1. The van der Waals surface area contributed by atoms with Crippen molar-refractivity contribution in [2.75, 3.05) is 31.7 Å². The van der Waals surface area contributed by atoms with E-state index in [2.05, 4.69) is 11.0 Å². The van der Waals surface area contributed by atoms with Crippen LogP contribution >= 0.6 is 23.4 Å². The van der Waals surface area contributed by atoms with Gasteiger partial charge in [0.25, 0.3) is 0 Å². The molecule has 2 aromatic rings. The molecule has 0 unspecified atom stereocenters. The van der Waals surface area contributed by atoms with Gasteiger partial charge in [0, 0.05) is 28.6 Å². The number of anilines is 1. The molecule has 0 saturated carbocycles. The summed E-state index contributed by atoms with van der Waals surface area (Å²) in [6.45, 7) is 2.34. The molecule has 0 spiro atoms. The summed E-state index contributed by atoms with van der Waals surface area (Å²) < 4.78 is 10.9. The lowest BCUT2D eigenvalue weighted by molar-refractivity contribution is -0.129. The Morgan fingerprint density at radius 2 is 2.00 bits per heavy atom. The van der Waals surface area contributed by atoms with Crippen molar-refractivity contribution in [1.29, 1.82) is 5.26 Å². The number of nitrogens with zero attached hydrogens (tertiary/aromatic N) is 3. The molecule has 1 fully saturated rings. The maximum atomic E-state index is 13.2. The lowest BCUT2D eigenvalue weighted by atomic mass is 9.86. The molecule has 4 rings (SSSR count). The van der Waals surface area contributed by atoms with Crippen LogP contribution < -0.4 is 14.4 Å². The summed E-state index contributed by atoms with van der Waals surface area (Å²) in [4.78, 5) is 17.0. The normalized spacial score (nSPS) is 18.5. The number of rotatable bonds is 4. The number of fused-ring (bicyclic) bond motifs is 1. The van der Waals surface area contributed by atoms with Gasteiger partial charge in [0.15, 0.2) is 0 Å². The van der Waals surface area contributed by atoms with Crippen molar-refractivity contribution in [3.05, 3.63) is 63.1 Å². The van der Waals surface area contributed by atoms with Gasteiger partial charge >= 0.3 is 0 Å². The smallest absolute Gasteiger partial charge is 0.229 e. The van der Waals surface area contributed by atoms with Crippen molar-refractivity contribution in [3.63, 3.8) is 0 Å². The highest BCUT2D eigenvalue weighted by Crippen LogP contribution is 2.46. The molecule has 0 bridgehead atoms. The first kappa shape index (κ1) is 21.4. The highest BCUT2D eigenvalue weighted by Gasteiger charge is 2.39. The van der Waals surface area contributed by atoms with Crippen LogP contribution in [0.4, 0.5) is 5.69 Å². The highest BCUT2D eigenvalue weighted by molar-refractivity contribution is 8.03. The number of amides is 1. The molecule has 2 aliphatic heterocycles. The monoisotopic (exact) mass is 455 g/mol. The van der Waals surface area contributed by atoms with Gasteiger partial charge in [-0.1, -0.05) is 29.4 Å². The van der Waals surface area contributed by atoms with Crippen LogP contribution in [-0.2, 0) is 4.79 Å². The van der Waals surface area contributed by atoms with Crippen LogP contribution in [0, 0.1) is 18.3 Å². The van der Waals surface area contributed by atoms with Crippen molar-refractivity contribution in [2.45, 2.75) is 19.3 Å². The molecule has 31 heavy (non-hydrogen) atoms. The van der Waals surface area contributed by atoms with E-state index in [-0.39, 0.29) is 18.2 Å². The lowest BCUT2D eigenvalue weighted by Gasteiger charge is -2.42. The number of hydrogen-bond acceptors (Lipinski definition) is 6. The maximum absolute atomic E-state index is 13.2. The highest BCUT2D eigenvalue weighted by atomic mass is 35.5. The van der Waals surface area contributed by atoms with Crippen LogP contribution in [0.5, 0.6) is 11.5 Å². The zero-order valence-electron chi connectivity index (χ0n) is 17.5. The van der Waals surface area contributed by atoms with Crippen LogP contribution in [0.15, 0.2) is 47.0 Å². The zero-order chi connectivity index (χ0) is 22.1. The lowest BCUT2D eigenvalue weighted by Crippen LogP contribution is -2.47. The zero-order valence-corrected chi connectivity index (χ0v) is 19.1. The van der Waals surface area contributed by atoms with Crippen molar-refractivity contribution in [3.8, 4) is 17.6 Å². The summed E-state index contributed by atoms with van der Waals surface area (Å²) in [7, 11) is 3.17. The summed E-state index contributed by atoms with van der Waals surface area (Å²) in [5, 5.41) is 11.4. The van der Waals surface area contributed by atoms with Crippen LogP contribution in [0.2, 0.25) is 5.02 Å². The van der Waals surface area contributed by atoms with E-state index >= 15 is 0 Å². The second-order valence-corrected chi connectivity index (χ2v) is 8.75. The Hall–Kier alpha value is -2.82. The van der Waals surface area contributed by atoms with Gasteiger partial charge in [-0.2, -0.15) is 5.26 Å². The Balaban J connectivity index is 1.70. The largest absolute Gasteiger partial charge is 0.497 e. The maximum Gasteiger partial charge on any atom is 0.229 e. The summed E-state index contributed by atoms with van der Waals surface area (Å²) in [6.07, 6.45) is 0.193. The fourth-order valence-electron chi connectivity index (χ4n) is 3.88. The fourth-order valence-corrected chi connectivity index (χ4v) is 5.22. The molecule has 0 aromatic heterocycles. The van der Waals surface area contributed by atoms with E-state index in [0.717, 1.165) is 16.8 Å². The minimum absolute atomic E-state index is 0.0284. The number of carbonyl (C=O) groups is 1. The number of carbonyl (C=O) groups excluding carboxylic acids is 1. The van der Waals surface area contributed by atoms with Crippen molar-refractivity contribution in [2.24, 2.45) is 0 Å². The van der Waals surface area contributed by atoms with Gasteiger partial charge in [0.2, 0.25) is 5.91 Å². The number of aryl methyl sites for hydroxylation is 1. The number of allylic oxidation sites excluding steroid dienone is 1. The first-order chi connectivity index (χ1) is 15.0. The molecule has 160 valence electrons. The van der Waals surface area contributed by atoms with Crippen LogP contribution in [-0.4, -0.2) is 37.6 Å². The second-order valence-electron chi connectivity index (χ2n) is 7.41. The Bertz CT molecular complexity index is 1110. The minimum Gasteiger partial charge on any atom is -0.497 e. The number of hydrogen-bond donors (Lipinski definition) is 0. The number of halogens is 1. The van der Waals surface area contributed by atoms with E-state index in [1.54, 1.807) is 25.2 Å². The standard InChI is InChI=1S/C23H22ClN3O3S/c1-14-4-5-15(8-20(14)24)26-12-27-22(28)10-17(19(11-25)23(27)31-13-26)18-9-16(29-2)6-7-21(18)30-3/h4-9,17H,10,12-13H2,1-3H3/t17-/m1/s1. The average Bonchev–Trinajstić information content (AvgIpc) is 2.80. The molecule has 2 aromatic carbocycles. The van der Waals surface area contributed by atoms with Gasteiger partial charge in [-0.15, -0.1) is 0 Å². The first-order valence-electron chi connectivity index (χ1n) is 9.77. The van der Waals surface area contributed by atoms with E-state index in [1.807, 2.05) is 37.3 Å². The summed E-state index contributed by atoms with van der Waals surface area (Å²) >= 11 is 7.79. The van der Waals surface area contributed by atoms with Crippen LogP contribution in [0.25, 0.3) is 0 Å². The molecule has 2 heterocycles. The third-order valence-electron chi connectivity index (χ3n) is 5.63. The summed E-state index contributed by atoms with van der Waals surface area (Å²) in [6, 6.07) is 13.7. The molecule has 0 aliphatic carbocycles. The number of methoxy groups -OCH3 is 2. The number of thioether (sulfide) groups is 1. The van der Waals surface area contributed by atoms with Crippen LogP contribution in [0.1, 0.15) is 23.5 Å².